The normalized spacial score (nSPS) is 10.6. The topological polar surface area (TPSA) is 0 Å². The zero-order valence-corrected chi connectivity index (χ0v) is 9.06. The second-order valence-electron chi connectivity index (χ2n) is 2.00. The average Bonchev–Trinajstić information content (AvgIpc) is 1.85. The van der Waals surface area contributed by atoms with Crippen LogP contribution in [-0.2, 0) is 0 Å². The van der Waals surface area contributed by atoms with Crippen molar-refractivity contribution in [2.45, 2.75) is 6.43 Å². The smallest absolute Gasteiger partial charge is 0.205 e. The van der Waals surface area contributed by atoms with Crippen molar-refractivity contribution in [1.82, 2.24) is 0 Å². The standard InChI is InChI=1S/C7H4BrF2I/c8-5-1-4(7(9)10)2-6(11)3-5/h1-3,7H. The number of benzene rings is 1. The van der Waals surface area contributed by atoms with Crippen molar-refractivity contribution in [2.24, 2.45) is 0 Å². The van der Waals surface area contributed by atoms with E-state index in [1.165, 1.54) is 12.1 Å². The first kappa shape index (κ1) is 9.38. The lowest BCUT2D eigenvalue weighted by Crippen LogP contribution is -1.84. The van der Waals surface area contributed by atoms with E-state index in [-0.39, 0.29) is 5.56 Å². The predicted octanol–water partition coefficient (Wildman–Crippen LogP) is 3.99. The Hall–Kier alpha value is 0.290. The minimum Gasteiger partial charge on any atom is -0.205 e. The van der Waals surface area contributed by atoms with Crippen molar-refractivity contribution < 1.29 is 8.78 Å². The second-order valence-corrected chi connectivity index (χ2v) is 4.16. The van der Waals surface area contributed by atoms with Gasteiger partial charge in [-0.25, -0.2) is 8.78 Å². The lowest BCUT2D eigenvalue weighted by Gasteiger charge is -2.00. The second kappa shape index (κ2) is 3.80. The summed E-state index contributed by atoms with van der Waals surface area (Å²) in [5.74, 6) is 0. The van der Waals surface area contributed by atoms with Crippen molar-refractivity contribution in [3.63, 3.8) is 0 Å². The molecule has 0 amide bonds. The van der Waals surface area contributed by atoms with Crippen LogP contribution in [0.5, 0.6) is 0 Å². The molecule has 0 aliphatic heterocycles. The summed E-state index contributed by atoms with van der Waals surface area (Å²) < 4.78 is 25.7. The zero-order valence-electron chi connectivity index (χ0n) is 5.32. The number of hydrogen-bond donors (Lipinski definition) is 0. The summed E-state index contributed by atoms with van der Waals surface area (Å²) in [6.07, 6.45) is -2.39. The molecule has 0 saturated carbocycles. The van der Waals surface area contributed by atoms with Gasteiger partial charge in [0.1, 0.15) is 0 Å². The van der Waals surface area contributed by atoms with Crippen LogP contribution in [0.25, 0.3) is 0 Å². The first-order valence-electron chi connectivity index (χ1n) is 2.84. The van der Waals surface area contributed by atoms with Crippen LogP contribution >= 0.6 is 38.5 Å². The van der Waals surface area contributed by atoms with E-state index in [4.69, 9.17) is 0 Å². The molecule has 0 atom stereocenters. The van der Waals surface area contributed by atoms with Gasteiger partial charge in [0.25, 0.3) is 6.43 Å². The van der Waals surface area contributed by atoms with Crippen LogP contribution in [-0.4, -0.2) is 0 Å². The van der Waals surface area contributed by atoms with Gasteiger partial charge in [0.2, 0.25) is 0 Å². The molecule has 0 unspecified atom stereocenters. The molecule has 0 spiro atoms. The summed E-state index contributed by atoms with van der Waals surface area (Å²) in [6, 6.07) is 4.68. The molecule has 0 aliphatic carbocycles. The molecule has 0 aromatic heterocycles. The molecular formula is C7H4BrF2I. The van der Waals surface area contributed by atoms with E-state index >= 15 is 0 Å². The highest BCUT2D eigenvalue weighted by atomic mass is 127. The summed E-state index contributed by atoms with van der Waals surface area (Å²) >= 11 is 5.14. The third-order valence-electron chi connectivity index (χ3n) is 1.14. The molecule has 1 aromatic carbocycles. The Morgan fingerprint density at radius 2 is 1.91 bits per heavy atom. The maximum atomic E-state index is 12.1. The van der Waals surface area contributed by atoms with Crippen molar-refractivity contribution in [3.8, 4) is 0 Å². The summed E-state index contributed by atoms with van der Waals surface area (Å²) in [5.41, 5.74) is 0.0591. The number of hydrogen-bond acceptors (Lipinski definition) is 0. The Balaban J connectivity index is 3.08. The minimum atomic E-state index is -2.39. The summed E-state index contributed by atoms with van der Waals surface area (Å²) in [6.45, 7) is 0. The van der Waals surface area contributed by atoms with Crippen LogP contribution in [0, 0.1) is 3.57 Å². The Morgan fingerprint density at radius 1 is 1.27 bits per heavy atom. The van der Waals surface area contributed by atoms with Gasteiger partial charge in [0.05, 0.1) is 0 Å². The number of rotatable bonds is 1. The molecule has 4 heteroatoms. The van der Waals surface area contributed by atoms with Crippen LogP contribution in [0.2, 0.25) is 0 Å². The zero-order chi connectivity index (χ0) is 8.43. The first-order chi connectivity index (χ1) is 5.09. The number of alkyl halides is 2. The Morgan fingerprint density at radius 3 is 2.36 bits per heavy atom. The van der Waals surface area contributed by atoms with E-state index in [9.17, 15) is 8.78 Å². The Labute approximate surface area is 85.3 Å². The molecule has 11 heavy (non-hydrogen) atoms. The fourth-order valence-corrected chi connectivity index (χ4v) is 2.34. The maximum Gasteiger partial charge on any atom is 0.263 e. The van der Waals surface area contributed by atoms with Crippen molar-refractivity contribution >= 4 is 38.5 Å². The van der Waals surface area contributed by atoms with Gasteiger partial charge >= 0.3 is 0 Å². The van der Waals surface area contributed by atoms with Gasteiger partial charge in [-0.2, -0.15) is 0 Å². The summed E-state index contributed by atoms with van der Waals surface area (Å²) in [7, 11) is 0. The van der Waals surface area contributed by atoms with Crippen LogP contribution < -0.4 is 0 Å². The molecule has 0 fully saturated rings. The maximum absolute atomic E-state index is 12.1. The van der Waals surface area contributed by atoms with Crippen LogP contribution in [0.1, 0.15) is 12.0 Å². The fourth-order valence-electron chi connectivity index (χ4n) is 0.701. The molecule has 0 N–H and O–H groups in total. The van der Waals surface area contributed by atoms with E-state index in [1.807, 2.05) is 22.6 Å². The highest BCUT2D eigenvalue weighted by Crippen LogP contribution is 2.24. The average molecular weight is 333 g/mol. The van der Waals surface area contributed by atoms with Gasteiger partial charge in [-0.1, -0.05) is 15.9 Å². The van der Waals surface area contributed by atoms with E-state index in [0.717, 1.165) is 3.57 Å². The van der Waals surface area contributed by atoms with E-state index in [2.05, 4.69) is 15.9 Å². The first-order valence-corrected chi connectivity index (χ1v) is 4.71. The van der Waals surface area contributed by atoms with Gasteiger partial charge in [-0.05, 0) is 40.8 Å². The Bertz CT molecular complexity index is 242. The van der Waals surface area contributed by atoms with Gasteiger partial charge in [-0.3, -0.25) is 0 Å². The molecule has 0 heterocycles. The molecular weight excluding hydrogens is 329 g/mol. The molecule has 0 saturated heterocycles. The van der Waals surface area contributed by atoms with Gasteiger partial charge in [0, 0.05) is 13.6 Å². The van der Waals surface area contributed by atoms with E-state index in [0.29, 0.717) is 4.47 Å². The highest BCUT2D eigenvalue weighted by Gasteiger charge is 2.07. The monoisotopic (exact) mass is 332 g/mol. The van der Waals surface area contributed by atoms with E-state index in [1.54, 1.807) is 6.07 Å². The molecule has 0 radical (unpaired) electrons. The lowest BCUT2D eigenvalue weighted by molar-refractivity contribution is 0.151. The van der Waals surface area contributed by atoms with E-state index < -0.39 is 6.43 Å². The summed E-state index contributed by atoms with van der Waals surface area (Å²) in [4.78, 5) is 0. The molecule has 60 valence electrons. The third-order valence-corrected chi connectivity index (χ3v) is 2.22. The van der Waals surface area contributed by atoms with Crippen LogP contribution in [0.3, 0.4) is 0 Å². The van der Waals surface area contributed by atoms with Gasteiger partial charge in [-0.15, -0.1) is 0 Å². The SMILES string of the molecule is FC(F)c1cc(Br)cc(I)c1. The molecule has 1 rings (SSSR count). The van der Waals surface area contributed by atoms with Crippen molar-refractivity contribution in [3.05, 3.63) is 31.8 Å². The third kappa shape index (κ3) is 2.66. The Kier molecular flexibility index (Phi) is 3.24. The van der Waals surface area contributed by atoms with Crippen molar-refractivity contribution in [2.75, 3.05) is 0 Å². The quantitative estimate of drug-likeness (QED) is 0.682. The van der Waals surface area contributed by atoms with Crippen molar-refractivity contribution in [1.29, 1.82) is 0 Å². The number of halogens is 4. The van der Waals surface area contributed by atoms with Gasteiger partial charge in [0.15, 0.2) is 0 Å². The largest absolute Gasteiger partial charge is 0.263 e. The molecule has 0 bridgehead atoms. The highest BCUT2D eigenvalue weighted by molar-refractivity contribution is 14.1. The van der Waals surface area contributed by atoms with Crippen LogP contribution in [0.15, 0.2) is 22.7 Å². The lowest BCUT2D eigenvalue weighted by atomic mass is 10.2. The fraction of sp³-hybridized carbons (Fsp3) is 0.143. The molecule has 0 nitrogen and oxygen atoms in total. The minimum absolute atomic E-state index is 0.0591. The summed E-state index contributed by atoms with van der Waals surface area (Å²) in [5, 5.41) is 0. The van der Waals surface area contributed by atoms with Gasteiger partial charge < -0.3 is 0 Å². The predicted molar refractivity (Wildman–Crippen MR) is 51.8 cm³/mol. The molecule has 1 aromatic rings. The molecule has 0 aliphatic rings. The van der Waals surface area contributed by atoms with Crippen LogP contribution in [0.4, 0.5) is 8.78 Å².